The molecular weight excluding hydrogens is 293 g/mol. The van der Waals surface area contributed by atoms with Crippen LogP contribution in [0.2, 0.25) is 10.0 Å². The van der Waals surface area contributed by atoms with Crippen LogP contribution in [-0.4, -0.2) is 15.9 Å². The van der Waals surface area contributed by atoms with Crippen molar-refractivity contribution in [1.82, 2.24) is 9.97 Å². The summed E-state index contributed by atoms with van der Waals surface area (Å²) in [6.07, 6.45) is 0. The fraction of sp³-hybridized carbons (Fsp3) is 0. The van der Waals surface area contributed by atoms with Crippen LogP contribution in [0.1, 0.15) is 10.5 Å². The highest BCUT2D eigenvalue weighted by Gasteiger charge is 2.10. The number of amides is 1. The first-order valence-corrected chi connectivity index (χ1v) is 5.81. The molecule has 0 atom stereocenters. The van der Waals surface area contributed by atoms with Crippen molar-refractivity contribution in [3.05, 3.63) is 60.8 Å². The molecule has 1 amide bonds. The van der Waals surface area contributed by atoms with Gasteiger partial charge in [-0.1, -0.05) is 23.2 Å². The van der Waals surface area contributed by atoms with E-state index >= 15 is 0 Å². The van der Waals surface area contributed by atoms with Crippen LogP contribution in [0.15, 0.2) is 33.9 Å². The van der Waals surface area contributed by atoms with Gasteiger partial charge in [-0.05, 0) is 18.2 Å². The first-order valence-electron chi connectivity index (χ1n) is 5.06. The van der Waals surface area contributed by atoms with Crippen molar-refractivity contribution in [2.24, 2.45) is 0 Å². The molecule has 2 rings (SSSR count). The van der Waals surface area contributed by atoms with Crippen LogP contribution in [0.25, 0.3) is 0 Å². The number of aromatic amines is 2. The number of nitrogens with one attached hydrogen (secondary N) is 3. The average Bonchev–Trinajstić information content (AvgIpc) is 2.31. The SMILES string of the molecule is O=C(Nc1ccc(Cl)cc1Cl)c1cc(=O)[nH]c(=O)[nH]1. The van der Waals surface area contributed by atoms with Gasteiger partial charge < -0.3 is 10.3 Å². The molecule has 0 aliphatic rings. The zero-order valence-electron chi connectivity index (χ0n) is 9.29. The van der Waals surface area contributed by atoms with E-state index in [0.717, 1.165) is 6.07 Å². The zero-order chi connectivity index (χ0) is 14.0. The van der Waals surface area contributed by atoms with Crippen molar-refractivity contribution in [3.63, 3.8) is 0 Å². The van der Waals surface area contributed by atoms with Crippen LogP contribution in [0.5, 0.6) is 0 Å². The minimum absolute atomic E-state index is 0.167. The molecule has 2 aromatic rings. The van der Waals surface area contributed by atoms with Gasteiger partial charge in [0, 0.05) is 11.1 Å². The van der Waals surface area contributed by atoms with Gasteiger partial charge in [0.2, 0.25) is 0 Å². The molecule has 0 unspecified atom stereocenters. The Hall–Kier alpha value is -2.05. The minimum atomic E-state index is -0.764. The third-order valence-corrected chi connectivity index (χ3v) is 2.73. The van der Waals surface area contributed by atoms with E-state index in [2.05, 4.69) is 10.3 Å². The quantitative estimate of drug-likeness (QED) is 0.786. The van der Waals surface area contributed by atoms with Gasteiger partial charge in [-0.15, -0.1) is 0 Å². The van der Waals surface area contributed by atoms with E-state index in [1.54, 1.807) is 6.07 Å². The van der Waals surface area contributed by atoms with Gasteiger partial charge in [0.25, 0.3) is 11.5 Å². The summed E-state index contributed by atoms with van der Waals surface area (Å²) in [4.78, 5) is 38.1. The van der Waals surface area contributed by atoms with Gasteiger partial charge in [-0.2, -0.15) is 0 Å². The molecule has 1 aromatic heterocycles. The summed E-state index contributed by atoms with van der Waals surface area (Å²) in [5, 5.41) is 3.12. The largest absolute Gasteiger partial charge is 0.326 e. The van der Waals surface area contributed by atoms with Gasteiger partial charge in [0.05, 0.1) is 10.7 Å². The summed E-state index contributed by atoms with van der Waals surface area (Å²) in [5.74, 6) is -0.660. The molecule has 98 valence electrons. The highest BCUT2D eigenvalue weighted by atomic mass is 35.5. The topological polar surface area (TPSA) is 94.8 Å². The van der Waals surface area contributed by atoms with Gasteiger partial charge in [0.1, 0.15) is 5.69 Å². The number of H-pyrrole nitrogens is 2. The molecule has 0 bridgehead atoms. The molecule has 3 N–H and O–H groups in total. The maximum Gasteiger partial charge on any atom is 0.326 e. The summed E-state index contributed by atoms with van der Waals surface area (Å²) in [7, 11) is 0. The summed E-state index contributed by atoms with van der Waals surface area (Å²) in [6, 6.07) is 5.48. The monoisotopic (exact) mass is 299 g/mol. The Morgan fingerprint density at radius 2 is 1.84 bits per heavy atom. The first-order chi connectivity index (χ1) is 8.95. The molecule has 0 radical (unpaired) electrons. The van der Waals surface area contributed by atoms with Gasteiger partial charge in [-0.25, -0.2) is 4.79 Å². The van der Waals surface area contributed by atoms with Gasteiger partial charge in [-0.3, -0.25) is 14.6 Å². The Morgan fingerprint density at radius 3 is 2.47 bits per heavy atom. The molecule has 0 aliphatic heterocycles. The Balaban J connectivity index is 2.30. The van der Waals surface area contributed by atoms with Crippen LogP contribution in [0.3, 0.4) is 0 Å². The summed E-state index contributed by atoms with van der Waals surface area (Å²) in [5.41, 5.74) is -1.28. The molecule has 0 fully saturated rings. The van der Waals surface area contributed by atoms with E-state index in [4.69, 9.17) is 23.2 Å². The number of benzene rings is 1. The number of rotatable bonds is 2. The fourth-order valence-corrected chi connectivity index (χ4v) is 1.83. The van der Waals surface area contributed by atoms with Crippen LogP contribution in [0, 0.1) is 0 Å². The molecule has 0 spiro atoms. The van der Waals surface area contributed by atoms with Crippen LogP contribution in [0.4, 0.5) is 5.69 Å². The number of aromatic nitrogens is 2. The molecule has 1 heterocycles. The van der Waals surface area contributed by atoms with Crippen LogP contribution < -0.4 is 16.6 Å². The number of carbonyl (C=O) groups is 1. The first kappa shape index (κ1) is 13.4. The number of hydrogen-bond acceptors (Lipinski definition) is 3. The second kappa shape index (κ2) is 5.29. The molecule has 0 aliphatic carbocycles. The van der Waals surface area contributed by atoms with Crippen molar-refractivity contribution in [2.45, 2.75) is 0 Å². The Labute approximate surface area is 116 Å². The second-order valence-corrected chi connectivity index (χ2v) is 4.42. The third-order valence-electron chi connectivity index (χ3n) is 2.18. The van der Waals surface area contributed by atoms with Crippen LogP contribution in [-0.2, 0) is 0 Å². The summed E-state index contributed by atoms with van der Waals surface area (Å²) in [6.45, 7) is 0. The van der Waals surface area contributed by atoms with Gasteiger partial charge >= 0.3 is 5.69 Å². The summed E-state index contributed by atoms with van der Waals surface area (Å²) >= 11 is 11.6. The lowest BCUT2D eigenvalue weighted by atomic mass is 10.3. The van der Waals surface area contributed by atoms with Crippen molar-refractivity contribution in [1.29, 1.82) is 0 Å². The number of hydrogen-bond donors (Lipinski definition) is 3. The molecule has 8 heteroatoms. The summed E-state index contributed by atoms with van der Waals surface area (Å²) < 4.78 is 0. The second-order valence-electron chi connectivity index (χ2n) is 3.58. The van der Waals surface area contributed by atoms with E-state index < -0.39 is 17.2 Å². The molecule has 0 saturated carbocycles. The minimum Gasteiger partial charge on any atom is -0.319 e. The lowest BCUT2D eigenvalue weighted by molar-refractivity contribution is 0.102. The predicted molar refractivity (Wildman–Crippen MR) is 72.1 cm³/mol. The number of anilines is 1. The standard InChI is InChI=1S/C11H7Cl2N3O3/c12-5-1-2-7(6(13)3-5)14-10(18)8-4-9(17)16-11(19)15-8/h1-4H,(H,14,18)(H2,15,16,17,19). The highest BCUT2D eigenvalue weighted by molar-refractivity contribution is 6.36. The molecule has 19 heavy (non-hydrogen) atoms. The Morgan fingerprint density at radius 1 is 1.11 bits per heavy atom. The maximum atomic E-state index is 11.8. The van der Waals surface area contributed by atoms with Crippen molar-refractivity contribution in [2.75, 3.05) is 5.32 Å². The van der Waals surface area contributed by atoms with Crippen molar-refractivity contribution >= 4 is 34.8 Å². The molecular formula is C11H7Cl2N3O3. The zero-order valence-corrected chi connectivity index (χ0v) is 10.8. The lowest BCUT2D eigenvalue weighted by Crippen LogP contribution is -2.27. The number of halogens is 2. The predicted octanol–water partition coefficient (Wildman–Crippen LogP) is 1.62. The molecule has 0 saturated heterocycles. The lowest BCUT2D eigenvalue weighted by Gasteiger charge is -2.06. The average molecular weight is 300 g/mol. The van der Waals surface area contributed by atoms with E-state index in [1.165, 1.54) is 12.1 Å². The van der Waals surface area contributed by atoms with E-state index in [-0.39, 0.29) is 10.7 Å². The number of carbonyl (C=O) groups excluding carboxylic acids is 1. The Bertz CT molecular complexity index is 723. The fourth-order valence-electron chi connectivity index (χ4n) is 1.37. The Kier molecular flexibility index (Phi) is 3.73. The maximum absolute atomic E-state index is 11.8. The van der Waals surface area contributed by atoms with Crippen molar-refractivity contribution < 1.29 is 4.79 Å². The van der Waals surface area contributed by atoms with Crippen molar-refractivity contribution in [3.8, 4) is 0 Å². The smallest absolute Gasteiger partial charge is 0.319 e. The van der Waals surface area contributed by atoms with Crippen LogP contribution >= 0.6 is 23.2 Å². The van der Waals surface area contributed by atoms with Gasteiger partial charge in [0.15, 0.2) is 0 Å². The van der Waals surface area contributed by atoms with E-state index in [0.29, 0.717) is 10.7 Å². The molecule has 6 nitrogen and oxygen atoms in total. The normalized spacial score (nSPS) is 10.2. The van der Waals surface area contributed by atoms with E-state index in [1.807, 2.05) is 4.98 Å². The third kappa shape index (κ3) is 3.24. The van der Waals surface area contributed by atoms with E-state index in [9.17, 15) is 14.4 Å². The molecule has 1 aromatic carbocycles. The highest BCUT2D eigenvalue weighted by Crippen LogP contribution is 2.25.